The van der Waals surface area contributed by atoms with Crippen molar-refractivity contribution in [2.45, 2.75) is 44.4 Å². The van der Waals surface area contributed by atoms with Gasteiger partial charge in [-0.1, -0.05) is 19.9 Å². The molecule has 0 saturated carbocycles. The maximum atomic E-state index is 13.0. The Morgan fingerprint density at radius 3 is 2.58 bits per heavy atom. The van der Waals surface area contributed by atoms with E-state index in [1.807, 2.05) is 13.0 Å². The predicted molar refractivity (Wildman–Crippen MR) is 106 cm³/mol. The number of carbonyl (C=O) groups excluding carboxylic acids is 1. The first-order valence-electron chi connectivity index (χ1n) is 9.03. The zero-order valence-corrected chi connectivity index (χ0v) is 17.2. The highest BCUT2D eigenvalue weighted by molar-refractivity contribution is 7.89. The van der Waals surface area contributed by atoms with Gasteiger partial charge < -0.3 is 11.1 Å². The Morgan fingerprint density at radius 2 is 1.96 bits per heavy atom. The predicted octanol–water partition coefficient (Wildman–Crippen LogP) is 1.71. The summed E-state index contributed by atoms with van der Waals surface area (Å²) < 4.78 is 27.5. The van der Waals surface area contributed by atoms with Crippen LogP contribution in [0.3, 0.4) is 0 Å². The molecule has 2 rings (SSSR count). The number of nitrogens with two attached hydrogens (primary N) is 1. The van der Waals surface area contributed by atoms with Crippen molar-refractivity contribution in [3.05, 3.63) is 29.3 Å². The Morgan fingerprint density at radius 1 is 1.27 bits per heavy atom. The summed E-state index contributed by atoms with van der Waals surface area (Å²) in [6.07, 6.45) is 3.08. The molecule has 8 heteroatoms. The second-order valence-electron chi connectivity index (χ2n) is 6.42. The van der Waals surface area contributed by atoms with Crippen molar-refractivity contribution < 1.29 is 13.2 Å². The number of piperidine rings is 1. The summed E-state index contributed by atoms with van der Waals surface area (Å²) in [5, 5.41) is 2.76. The maximum absolute atomic E-state index is 13.0. The lowest BCUT2D eigenvalue weighted by atomic mass is 9.99. The smallest absolute Gasteiger partial charge is 0.243 e. The van der Waals surface area contributed by atoms with E-state index < -0.39 is 10.0 Å². The number of sulfonamides is 1. The molecular weight excluding hydrogens is 374 g/mol. The molecule has 1 unspecified atom stereocenters. The van der Waals surface area contributed by atoms with Gasteiger partial charge in [0.2, 0.25) is 15.9 Å². The molecule has 6 nitrogen and oxygen atoms in total. The van der Waals surface area contributed by atoms with Gasteiger partial charge in [-0.25, -0.2) is 8.42 Å². The van der Waals surface area contributed by atoms with Crippen LogP contribution in [-0.2, 0) is 27.7 Å². The Hall–Kier alpha value is -1.15. The van der Waals surface area contributed by atoms with Crippen molar-refractivity contribution in [2.24, 2.45) is 11.7 Å². The molecule has 1 aromatic rings. The number of benzene rings is 1. The van der Waals surface area contributed by atoms with Crippen LogP contribution in [0.25, 0.3) is 0 Å². The first-order valence-corrected chi connectivity index (χ1v) is 10.5. The third-order valence-corrected chi connectivity index (χ3v) is 6.64. The molecule has 1 aliphatic rings. The third kappa shape index (κ3) is 5.19. The third-order valence-electron chi connectivity index (χ3n) is 4.78. The van der Waals surface area contributed by atoms with Gasteiger partial charge >= 0.3 is 0 Å². The molecule has 1 amide bonds. The van der Waals surface area contributed by atoms with Crippen LogP contribution in [0.1, 0.15) is 37.8 Å². The lowest BCUT2D eigenvalue weighted by molar-refractivity contribution is -0.126. The molecule has 0 aliphatic carbocycles. The quantitative estimate of drug-likeness (QED) is 0.724. The van der Waals surface area contributed by atoms with E-state index in [1.54, 1.807) is 12.1 Å². The number of hydrogen-bond donors (Lipinski definition) is 2. The Kier molecular flexibility index (Phi) is 9.03. The molecule has 1 saturated heterocycles. The lowest BCUT2D eigenvalue weighted by Gasteiger charge is -2.31. The molecule has 1 fully saturated rings. The van der Waals surface area contributed by atoms with Crippen LogP contribution in [-0.4, -0.2) is 44.8 Å². The number of aryl methyl sites for hydroxylation is 2. The van der Waals surface area contributed by atoms with E-state index in [-0.39, 0.29) is 30.8 Å². The average Bonchev–Trinajstić information content (AvgIpc) is 2.65. The number of halogens is 1. The summed E-state index contributed by atoms with van der Waals surface area (Å²) in [6.45, 7) is 5.58. The number of amides is 1. The van der Waals surface area contributed by atoms with Crippen molar-refractivity contribution in [3.63, 3.8) is 0 Å². The fourth-order valence-corrected chi connectivity index (χ4v) is 4.88. The van der Waals surface area contributed by atoms with E-state index >= 15 is 0 Å². The molecule has 1 heterocycles. The van der Waals surface area contributed by atoms with Crippen molar-refractivity contribution in [3.8, 4) is 0 Å². The van der Waals surface area contributed by atoms with Gasteiger partial charge in [0.1, 0.15) is 0 Å². The van der Waals surface area contributed by atoms with Gasteiger partial charge in [-0.15, -0.1) is 12.4 Å². The Bertz CT molecular complexity index is 710. The van der Waals surface area contributed by atoms with Gasteiger partial charge in [-0.2, -0.15) is 4.31 Å². The van der Waals surface area contributed by atoms with E-state index in [0.717, 1.165) is 18.4 Å². The van der Waals surface area contributed by atoms with Crippen LogP contribution in [0.5, 0.6) is 0 Å². The Balaban J connectivity index is 0.00000338. The van der Waals surface area contributed by atoms with Gasteiger partial charge in [0.25, 0.3) is 0 Å². The molecule has 1 atom stereocenters. The number of nitrogens with zero attached hydrogens (tertiary/aromatic N) is 1. The fraction of sp³-hybridized carbons (Fsp3) is 0.611. The summed E-state index contributed by atoms with van der Waals surface area (Å²) >= 11 is 0. The topological polar surface area (TPSA) is 92.5 Å². The average molecular weight is 404 g/mol. The second kappa shape index (κ2) is 10.3. The summed E-state index contributed by atoms with van der Waals surface area (Å²) in [4.78, 5) is 12.5. The minimum atomic E-state index is -3.58. The van der Waals surface area contributed by atoms with E-state index in [0.29, 0.717) is 37.4 Å². The van der Waals surface area contributed by atoms with Gasteiger partial charge in [0.05, 0.1) is 10.8 Å². The highest BCUT2D eigenvalue weighted by Gasteiger charge is 2.33. The highest BCUT2D eigenvalue weighted by atomic mass is 35.5. The SMILES string of the molecule is CCc1ccc(S(=O)(=O)N2CCCC(C(=O)NCCN)C2)cc1CC.Cl. The van der Waals surface area contributed by atoms with E-state index in [4.69, 9.17) is 5.73 Å². The van der Waals surface area contributed by atoms with Crippen molar-refractivity contribution in [1.29, 1.82) is 0 Å². The molecule has 1 aromatic carbocycles. The molecule has 0 aromatic heterocycles. The van der Waals surface area contributed by atoms with E-state index in [9.17, 15) is 13.2 Å². The van der Waals surface area contributed by atoms with Crippen LogP contribution >= 0.6 is 12.4 Å². The molecule has 26 heavy (non-hydrogen) atoms. The zero-order chi connectivity index (χ0) is 18.4. The fourth-order valence-electron chi connectivity index (χ4n) is 3.30. The van der Waals surface area contributed by atoms with Crippen LogP contribution in [0, 0.1) is 5.92 Å². The van der Waals surface area contributed by atoms with Crippen LogP contribution < -0.4 is 11.1 Å². The minimum Gasteiger partial charge on any atom is -0.355 e. The summed E-state index contributed by atoms with van der Waals surface area (Å²) in [5.74, 6) is -0.420. The largest absolute Gasteiger partial charge is 0.355 e. The summed E-state index contributed by atoms with van der Waals surface area (Å²) in [5.41, 5.74) is 7.66. The van der Waals surface area contributed by atoms with Crippen molar-refractivity contribution in [1.82, 2.24) is 9.62 Å². The highest BCUT2D eigenvalue weighted by Crippen LogP contribution is 2.25. The Labute approximate surface area is 163 Å². The van der Waals surface area contributed by atoms with Gasteiger partial charge in [0, 0.05) is 26.2 Å². The molecule has 0 radical (unpaired) electrons. The van der Waals surface area contributed by atoms with Crippen LogP contribution in [0.4, 0.5) is 0 Å². The van der Waals surface area contributed by atoms with E-state index in [1.165, 1.54) is 9.87 Å². The monoisotopic (exact) mass is 403 g/mol. The maximum Gasteiger partial charge on any atom is 0.243 e. The minimum absolute atomic E-state index is 0. The van der Waals surface area contributed by atoms with Gasteiger partial charge in [-0.3, -0.25) is 4.79 Å². The molecule has 0 bridgehead atoms. The van der Waals surface area contributed by atoms with Crippen LogP contribution in [0.2, 0.25) is 0 Å². The second-order valence-corrected chi connectivity index (χ2v) is 8.36. The molecule has 0 spiro atoms. The molecule has 148 valence electrons. The number of nitrogens with one attached hydrogen (secondary N) is 1. The van der Waals surface area contributed by atoms with Crippen molar-refractivity contribution >= 4 is 28.3 Å². The molecule has 1 aliphatic heterocycles. The first kappa shape index (κ1) is 22.9. The zero-order valence-electron chi connectivity index (χ0n) is 15.5. The number of rotatable bonds is 7. The molecule has 3 N–H and O–H groups in total. The summed E-state index contributed by atoms with van der Waals surface area (Å²) in [6, 6.07) is 5.37. The number of hydrogen-bond acceptors (Lipinski definition) is 4. The van der Waals surface area contributed by atoms with Gasteiger partial charge in [0.15, 0.2) is 0 Å². The van der Waals surface area contributed by atoms with Crippen molar-refractivity contribution in [2.75, 3.05) is 26.2 Å². The molecular formula is C18H30ClN3O3S. The normalized spacial score (nSPS) is 18.2. The van der Waals surface area contributed by atoms with Gasteiger partial charge in [-0.05, 0) is 48.9 Å². The summed E-state index contributed by atoms with van der Waals surface area (Å²) in [7, 11) is -3.58. The number of carbonyl (C=O) groups is 1. The lowest BCUT2D eigenvalue weighted by Crippen LogP contribution is -2.46. The standard InChI is InChI=1S/C18H29N3O3S.ClH/c1-3-14-7-8-17(12-15(14)4-2)25(23,24)21-11-5-6-16(13-21)18(22)20-10-9-19;/h7-8,12,16H,3-6,9-11,13,19H2,1-2H3,(H,20,22);1H. The van der Waals surface area contributed by atoms with E-state index in [2.05, 4.69) is 12.2 Å². The first-order chi connectivity index (χ1) is 11.9. The van der Waals surface area contributed by atoms with Crippen LogP contribution in [0.15, 0.2) is 23.1 Å².